The van der Waals surface area contributed by atoms with Crippen molar-refractivity contribution in [2.24, 2.45) is 5.73 Å². The van der Waals surface area contributed by atoms with Crippen LogP contribution in [0.15, 0.2) is 47.3 Å². The third-order valence-electron chi connectivity index (χ3n) is 3.08. The Hall–Kier alpha value is -1.91. The number of aliphatic hydroxyl groups is 1. The molecule has 0 unspecified atom stereocenters. The predicted octanol–water partition coefficient (Wildman–Crippen LogP) is 1.36. The number of hydrogen-bond donors (Lipinski definition) is 2. The maximum Gasteiger partial charge on any atom is 0.255 e. The molecule has 0 saturated carbocycles. The molecule has 0 radical (unpaired) electrons. The van der Waals surface area contributed by atoms with Crippen LogP contribution in [0.3, 0.4) is 0 Å². The lowest BCUT2D eigenvalue weighted by Crippen LogP contribution is -2.27. The Morgan fingerprint density at radius 1 is 1.11 bits per heavy atom. The van der Waals surface area contributed by atoms with Crippen molar-refractivity contribution >= 4 is 0 Å². The van der Waals surface area contributed by atoms with Gasteiger partial charge < -0.3 is 15.4 Å². The first-order valence-corrected chi connectivity index (χ1v) is 6.37. The Kier molecular flexibility index (Phi) is 4.49. The van der Waals surface area contributed by atoms with Crippen LogP contribution in [0.5, 0.6) is 0 Å². The summed E-state index contributed by atoms with van der Waals surface area (Å²) in [6, 6.07) is 13.4. The fourth-order valence-electron chi connectivity index (χ4n) is 2.09. The van der Waals surface area contributed by atoms with Crippen molar-refractivity contribution in [1.29, 1.82) is 0 Å². The van der Waals surface area contributed by atoms with E-state index >= 15 is 0 Å². The molecule has 0 spiro atoms. The number of benzene rings is 1. The zero-order chi connectivity index (χ0) is 13.7. The number of nitrogens with two attached hydrogens (primary N) is 1. The highest BCUT2D eigenvalue weighted by atomic mass is 16.3. The molecule has 19 heavy (non-hydrogen) atoms. The van der Waals surface area contributed by atoms with Crippen molar-refractivity contribution < 1.29 is 5.11 Å². The fourth-order valence-corrected chi connectivity index (χ4v) is 2.09. The number of aliphatic hydroxyl groups excluding tert-OH is 1. The van der Waals surface area contributed by atoms with Crippen LogP contribution >= 0.6 is 0 Å². The SMILES string of the molecule is NCc1ccc(-c2ccccc2)n(CCCO)c1=O. The molecule has 0 bridgehead atoms. The van der Waals surface area contributed by atoms with Crippen molar-refractivity contribution in [1.82, 2.24) is 4.57 Å². The van der Waals surface area contributed by atoms with Gasteiger partial charge in [-0.2, -0.15) is 0 Å². The highest BCUT2D eigenvalue weighted by Gasteiger charge is 2.09. The monoisotopic (exact) mass is 258 g/mol. The standard InChI is InChI=1S/C15H18N2O2/c16-11-13-7-8-14(12-5-2-1-3-6-12)17(15(13)19)9-4-10-18/h1-3,5-8,18H,4,9-11,16H2. The lowest BCUT2D eigenvalue weighted by atomic mass is 10.1. The van der Waals surface area contributed by atoms with Gasteiger partial charge in [-0.05, 0) is 18.1 Å². The molecule has 0 fully saturated rings. The fraction of sp³-hybridized carbons (Fsp3) is 0.267. The molecule has 1 heterocycles. The van der Waals surface area contributed by atoms with Gasteiger partial charge in [0, 0.05) is 25.3 Å². The molecule has 2 aromatic rings. The van der Waals surface area contributed by atoms with E-state index in [0.717, 1.165) is 11.3 Å². The van der Waals surface area contributed by atoms with Gasteiger partial charge in [0.25, 0.3) is 5.56 Å². The molecular formula is C15H18N2O2. The zero-order valence-electron chi connectivity index (χ0n) is 10.7. The maximum absolute atomic E-state index is 12.3. The van der Waals surface area contributed by atoms with Crippen molar-refractivity contribution in [3.8, 4) is 11.3 Å². The van der Waals surface area contributed by atoms with Gasteiger partial charge in [-0.1, -0.05) is 36.4 Å². The normalized spacial score (nSPS) is 10.6. The second-order valence-corrected chi connectivity index (χ2v) is 4.35. The quantitative estimate of drug-likeness (QED) is 0.850. The van der Waals surface area contributed by atoms with Crippen LogP contribution in [-0.4, -0.2) is 16.3 Å². The van der Waals surface area contributed by atoms with Crippen LogP contribution in [-0.2, 0) is 13.1 Å². The third-order valence-corrected chi connectivity index (χ3v) is 3.08. The lowest BCUT2D eigenvalue weighted by molar-refractivity contribution is 0.279. The van der Waals surface area contributed by atoms with Gasteiger partial charge in [0.15, 0.2) is 0 Å². The molecule has 0 aliphatic carbocycles. The number of rotatable bonds is 5. The van der Waals surface area contributed by atoms with Gasteiger partial charge in [-0.3, -0.25) is 4.79 Å². The van der Waals surface area contributed by atoms with Gasteiger partial charge in [-0.25, -0.2) is 0 Å². The maximum atomic E-state index is 12.3. The number of nitrogens with zero attached hydrogens (tertiary/aromatic N) is 1. The van der Waals surface area contributed by atoms with E-state index in [9.17, 15) is 4.79 Å². The summed E-state index contributed by atoms with van der Waals surface area (Å²) in [7, 11) is 0. The van der Waals surface area contributed by atoms with E-state index in [-0.39, 0.29) is 18.7 Å². The van der Waals surface area contributed by atoms with Crippen LogP contribution in [0, 0.1) is 0 Å². The molecule has 0 aliphatic rings. The summed E-state index contributed by atoms with van der Waals surface area (Å²) in [6.45, 7) is 0.786. The smallest absolute Gasteiger partial charge is 0.255 e. The summed E-state index contributed by atoms with van der Waals surface area (Å²) in [5, 5.41) is 8.97. The summed E-state index contributed by atoms with van der Waals surface area (Å²) < 4.78 is 1.69. The number of pyridine rings is 1. The van der Waals surface area contributed by atoms with Crippen LogP contribution in [0.1, 0.15) is 12.0 Å². The second-order valence-electron chi connectivity index (χ2n) is 4.35. The van der Waals surface area contributed by atoms with E-state index in [4.69, 9.17) is 10.8 Å². The van der Waals surface area contributed by atoms with E-state index in [2.05, 4.69) is 0 Å². The van der Waals surface area contributed by atoms with Gasteiger partial charge >= 0.3 is 0 Å². The first-order valence-electron chi connectivity index (χ1n) is 6.37. The summed E-state index contributed by atoms with van der Waals surface area (Å²) in [5.74, 6) is 0. The topological polar surface area (TPSA) is 68.2 Å². The second kappa shape index (κ2) is 6.31. The van der Waals surface area contributed by atoms with Crippen LogP contribution in [0.2, 0.25) is 0 Å². The van der Waals surface area contributed by atoms with Gasteiger partial charge in [0.05, 0.1) is 5.69 Å². The van der Waals surface area contributed by atoms with E-state index in [1.807, 2.05) is 36.4 Å². The molecule has 4 nitrogen and oxygen atoms in total. The highest BCUT2D eigenvalue weighted by Crippen LogP contribution is 2.18. The molecule has 0 atom stereocenters. The Morgan fingerprint density at radius 3 is 2.47 bits per heavy atom. The minimum atomic E-state index is -0.0719. The number of hydrogen-bond acceptors (Lipinski definition) is 3. The summed E-state index contributed by atoms with van der Waals surface area (Å²) in [4.78, 5) is 12.3. The summed E-state index contributed by atoms with van der Waals surface area (Å²) in [5.41, 5.74) is 7.94. The van der Waals surface area contributed by atoms with Crippen LogP contribution < -0.4 is 11.3 Å². The predicted molar refractivity (Wildman–Crippen MR) is 75.7 cm³/mol. The average molecular weight is 258 g/mol. The van der Waals surface area contributed by atoms with Crippen molar-refractivity contribution in [3.63, 3.8) is 0 Å². The third kappa shape index (κ3) is 2.92. The van der Waals surface area contributed by atoms with Gasteiger partial charge in [-0.15, -0.1) is 0 Å². The summed E-state index contributed by atoms with van der Waals surface area (Å²) in [6.07, 6.45) is 0.549. The van der Waals surface area contributed by atoms with E-state index in [1.165, 1.54) is 0 Å². The molecule has 1 aromatic heterocycles. The largest absolute Gasteiger partial charge is 0.396 e. The highest BCUT2D eigenvalue weighted by molar-refractivity contribution is 5.59. The Morgan fingerprint density at radius 2 is 1.84 bits per heavy atom. The van der Waals surface area contributed by atoms with Gasteiger partial charge in [0.1, 0.15) is 0 Å². The van der Waals surface area contributed by atoms with E-state index in [1.54, 1.807) is 10.6 Å². The van der Waals surface area contributed by atoms with E-state index < -0.39 is 0 Å². The van der Waals surface area contributed by atoms with Crippen LogP contribution in [0.4, 0.5) is 0 Å². The minimum absolute atomic E-state index is 0.0630. The molecule has 3 N–H and O–H groups in total. The molecule has 0 amide bonds. The number of aromatic nitrogens is 1. The summed E-state index contributed by atoms with van der Waals surface area (Å²) >= 11 is 0. The zero-order valence-corrected chi connectivity index (χ0v) is 10.7. The minimum Gasteiger partial charge on any atom is -0.396 e. The molecule has 0 saturated heterocycles. The van der Waals surface area contributed by atoms with Crippen molar-refractivity contribution in [3.05, 3.63) is 58.4 Å². The van der Waals surface area contributed by atoms with Crippen molar-refractivity contribution in [2.75, 3.05) is 6.61 Å². The molecule has 1 aromatic carbocycles. The van der Waals surface area contributed by atoms with E-state index in [0.29, 0.717) is 18.5 Å². The molecular weight excluding hydrogens is 240 g/mol. The van der Waals surface area contributed by atoms with Crippen molar-refractivity contribution in [2.45, 2.75) is 19.5 Å². The lowest BCUT2D eigenvalue weighted by Gasteiger charge is -2.14. The first-order chi connectivity index (χ1) is 9.27. The van der Waals surface area contributed by atoms with Crippen LogP contribution in [0.25, 0.3) is 11.3 Å². The molecule has 0 aliphatic heterocycles. The molecule has 2 rings (SSSR count). The average Bonchev–Trinajstić information content (AvgIpc) is 2.46. The first kappa shape index (κ1) is 13.5. The Balaban J connectivity index is 2.54. The molecule has 4 heteroatoms. The Labute approximate surface area is 112 Å². The Bertz CT molecular complexity index is 591. The molecule has 100 valence electrons. The van der Waals surface area contributed by atoms with Gasteiger partial charge in [0.2, 0.25) is 0 Å².